The van der Waals surface area contributed by atoms with Gasteiger partial charge in [0.15, 0.2) is 0 Å². The molecule has 1 atom stereocenters. The Balaban J connectivity index is 1.72. The zero-order valence-electron chi connectivity index (χ0n) is 11.7. The number of carbonyl (C=O) groups is 2. The summed E-state index contributed by atoms with van der Waals surface area (Å²) in [5.41, 5.74) is 2.50. The van der Waals surface area contributed by atoms with Crippen molar-refractivity contribution in [2.24, 2.45) is 5.92 Å². The fraction of sp³-hybridized carbons (Fsp3) is 0.286. The molecule has 6 nitrogen and oxygen atoms in total. The summed E-state index contributed by atoms with van der Waals surface area (Å²) in [6, 6.07) is 4.62. The summed E-state index contributed by atoms with van der Waals surface area (Å²) < 4.78 is 13.6. The van der Waals surface area contributed by atoms with Crippen LogP contribution in [0.25, 0.3) is 0 Å². The molecule has 1 saturated heterocycles. The number of nitrogens with zero attached hydrogens (tertiary/aromatic N) is 3. The summed E-state index contributed by atoms with van der Waals surface area (Å²) in [7, 11) is 0. The van der Waals surface area contributed by atoms with Crippen molar-refractivity contribution in [1.29, 1.82) is 0 Å². The molecule has 0 bridgehead atoms. The Kier molecular flexibility index (Phi) is 3.84. The second-order valence-electron chi connectivity index (χ2n) is 5.07. The first-order valence-corrected chi connectivity index (χ1v) is 7.56. The first kappa shape index (κ1) is 14.6. The Hall–Kier alpha value is -2.35. The molecule has 1 N–H and O–H groups in total. The molecular weight excluding hydrogens is 307 g/mol. The van der Waals surface area contributed by atoms with Gasteiger partial charge in [0.25, 0.3) is 0 Å². The monoisotopic (exact) mass is 320 g/mol. The van der Waals surface area contributed by atoms with Crippen molar-refractivity contribution in [2.75, 3.05) is 16.8 Å². The maximum Gasteiger partial charge on any atom is 0.231 e. The normalized spacial score (nSPS) is 17.8. The number of aryl methyl sites for hydroxylation is 1. The van der Waals surface area contributed by atoms with Crippen molar-refractivity contribution in [2.45, 2.75) is 13.3 Å². The highest BCUT2D eigenvalue weighted by Gasteiger charge is 2.35. The van der Waals surface area contributed by atoms with Gasteiger partial charge in [0, 0.05) is 18.7 Å². The van der Waals surface area contributed by atoms with E-state index in [9.17, 15) is 14.0 Å². The minimum Gasteiger partial charge on any atom is -0.311 e. The fourth-order valence-corrected chi connectivity index (χ4v) is 2.77. The zero-order valence-corrected chi connectivity index (χ0v) is 12.6. The fourth-order valence-electron chi connectivity index (χ4n) is 2.32. The highest BCUT2D eigenvalue weighted by atomic mass is 32.1. The minimum atomic E-state index is -0.485. The second kappa shape index (κ2) is 5.80. The molecule has 1 aliphatic rings. The lowest BCUT2D eigenvalue weighted by atomic mass is 10.1. The van der Waals surface area contributed by atoms with Gasteiger partial charge in [-0.2, -0.15) is 0 Å². The van der Waals surface area contributed by atoms with Gasteiger partial charge in [0.1, 0.15) is 11.3 Å². The van der Waals surface area contributed by atoms with Crippen LogP contribution in [0.3, 0.4) is 0 Å². The topological polar surface area (TPSA) is 75.2 Å². The van der Waals surface area contributed by atoms with E-state index in [0.29, 0.717) is 16.4 Å². The van der Waals surface area contributed by atoms with Crippen LogP contribution < -0.4 is 10.2 Å². The van der Waals surface area contributed by atoms with Crippen LogP contribution in [0.2, 0.25) is 0 Å². The van der Waals surface area contributed by atoms with Crippen molar-refractivity contribution in [1.82, 2.24) is 10.2 Å². The molecular formula is C14H13FN4O2S. The number of carbonyl (C=O) groups excluding carboxylic acids is 2. The van der Waals surface area contributed by atoms with Crippen LogP contribution >= 0.6 is 11.3 Å². The summed E-state index contributed by atoms with van der Waals surface area (Å²) in [6.45, 7) is 1.88. The molecule has 1 fully saturated rings. The molecule has 0 saturated carbocycles. The maximum atomic E-state index is 13.6. The van der Waals surface area contributed by atoms with Crippen LogP contribution in [0.5, 0.6) is 0 Å². The number of rotatable bonds is 3. The summed E-state index contributed by atoms with van der Waals surface area (Å²) >= 11 is 1.21. The van der Waals surface area contributed by atoms with Gasteiger partial charge in [-0.1, -0.05) is 17.4 Å². The number of nitrogens with one attached hydrogen (secondary N) is 1. The van der Waals surface area contributed by atoms with Crippen LogP contribution in [0.15, 0.2) is 23.7 Å². The third-order valence-corrected chi connectivity index (χ3v) is 4.16. The molecule has 1 unspecified atom stereocenters. The average Bonchev–Trinajstić information content (AvgIpc) is 3.11. The first-order valence-electron chi connectivity index (χ1n) is 6.68. The van der Waals surface area contributed by atoms with E-state index in [1.807, 2.05) is 0 Å². The molecule has 1 aromatic carbocycles. The Morgan fingerprint density at radius 3 is 3.00 bits per heavy atom. The third kappa shape index (κ3) is 2.82. The van der Waals surface area contributed by atoms with Gasteiger partial charge in [-0.15, -0.1) is 10.2 Å². The van der Waals surface area contributed by atoms with Gasteiger partial charge < -0.3 is 10.2 Å². The summed E-state index contributed by atoms with van der Waals surface area (Å²) in [5, 5.41) is 10.4. The number of aromatic nitrogens is 2. The largest absolute Gasteiger partial charge is 0.311 e. The predicted molar refractivity (Wildman–Crippen MR) is 80.1 cm³/mol. The SMILES string of the molecule is Cc1ccc(N2CC(C(=O)Nc3nncs3)CC2=O)cc1F. The molecule has 22 heavy (non-hydrogen) atoms. The number of anilines is 2. The first-order chi connectivity index (χ1) is 10.5. The van der Waals surface area contributed by atoms with Gasteiger partial charge in [-0.3, -0.25) is 9.59 Å². The lowest BCUT2D eigenvalue weighted by Gasteiger charge is -2.17. The smallest absolute Gasteiger partial charge is 0.231 e. The van der Waals surface area contributed by atoms with E-state index < -0.39 is 5.92 Å². The van der Waals surface area contributed by atoms with E-state index in [2.05, 4.69) is 15.5 Å². The molecule has 2 amide bonds. The van der Waals surface area contributed by atoms with Gasteiger partial charge in [0.2, 0.25) is 16.9 Å². The molecule has 0 radical (unpaired) electrons. The van der Waals surface area contributed by atoms with E-state index >= 15 is 0 Å². The summed E-state index contributed by atoms with van der Waals surface area (Å²) in [5.74, 6) is -1.33. The van der Waals surface area contributed by atoms with Crippen molar-refractivity contribution in [3.63, 3.8) is 0 Å². The zero-order chi connectivity index (χ0) is 15.7. The van der Waals surface area contributed by atoms with E-state index in [-0.39, 0.29) is 30.6 Å². The Labute approximate surface area is 130 Å². The van der Waals surface area contributed by atoms with Crippen molar-refractivity contribution in [3.05, 3.63) is 35.1 Å². The van der Waals surface area contributed by atoms with Crippen LogP contribution in [-0.2, 0) is 9.59 Å². The quantitative estimate of drug-likeness (QED) is 0.938. The third-order valence-electron chi connectivity index (χ3n) is 3.55. The molecule has 1 aliphatic heterocycles. The Morgan fingerprint density at radius 1 is 1.50 bits per heavy atom. The van der Waals surface area contributed by atoms with E-state index in [1.165, 1.54) is 27.8 Å². The Morgan fingerprint density at radius 2 is 2.32 bits per heavy atom. The highest BCUT2D eigenvalue weighted by Crippen LogP contribution is 2.27. The van der Waals surface area contributed by atoms with Crippen LogP contribution in [0.1, 0.15) is 12.0 Å². The molecule has 3 rings (SSSR count). The van der Waals surface area contributed by atoms with Gasteiger partial charge in [-0.25, -0.2) is 4.39 Å². The molecule has 0 spiro atoms. The average molecular weight is 320 g/mol. The molecule has 0 aliphatic carbocycles. The predicted octanol–water partition coefficient (Wildman–Crippen LogP) is 1.98. The number of benzene rings is 1. The van der Waals surface area contributed by atoms with Crippen LogP contribution in [-0.4, -0.2) is 28.6 Å². The summed E-state index contributed by atoms with van der Waals surface area (Å²) in [6.07, 6.45) is 0.0974. The highest BCUT2D eigenvalue weighted by molar-refractivity contribution is 7.13. The molecule has 1 aromatic heterocycles. The van der Waals surface area contributed by atoms with Crippen LogP contribution in [0, 0.1) is 18.7 Å². The van der Waals surface area contributed by atoms with Gasteiger partial charge in [-0.05, 0) is 24.6 Å². The second-order valence-corrected chi connectivity index (χ2v) is 5.91. The van der Waals surface area contributed by atoms with Crippen molar-refractivity contribution < 1.29 is 14.0 Å². The van der Waals surface area contributed by atoms with Gasteiger partial charge >= 0.3 is 0 Å². The van der Waals surface area contributed by atoms with Crippen molar-refractivity contribution >= 4 is 34.0 Å². The van der Waals surface area contributed by atoms with Crippen molar-refractivity contribution in [3.8, 4) is 0 Å². The standard InChI is InChI=1S/C14H13FN4O2S/c1-8-2-3-10(5-11(8)15)19-6-9(4-12(19)20)13(21)17-14-18-16-7-22-14/h2-3,5,7,9H,4,6H2,1H3,(H,17,18,21). The Bertz CT molecular complexity index is 720. The van der Waals surface area contributed by atoms with E-state index in [0.717, 1.165) is 0 Å². The lowest BCUT2D eigenvalue weighted by Crippen LogP contribution is -2.28. The van der Waals surface area contributed by atoms with E-state index in [1.54, 1.807) is 19.1 Å². The number of hydrogen-bond acceptors (Lipinski definition) is 5. The summed E-state index contributed by atoms with van der Waals surface area (Å²) in [4.78, 5) is 25.7. The lowest BCUT2D eigenvalue weighted by molar-refractivity contribution is -0.122. The minimum absolute atomic E-state index is 0.0974. The van der Waals surface area contributed by atoms with Gasteiger partial charge in [0.05, 0.1) is 5.92 Å². The molecule has 2 heterocycles. The molecule has 114 valence electrons. The van der Waals surface area contributed by atoms with E-state index in [4.69, 9.17) is 0 Å². The number of amides is 2. The number of halogens is 1. The maximum absolute atomic E-state index is 13.6. The van der Waals surface area contributed by atoms with Crippen LogP contribution in [0.4, 0.5) is 15.2 Å². The number of hydrogen-bond donors (Lipinski definition) is 1. The molecule has 2 aromatic rings. The molecule has 8 heteroatoms.